The Morgan fingerprint density at radius 1 is 0.644 bits per heavy atom. The summed E-state index contributed by atoms with van der Waals surface area (Å²) >= 11 is 0. The second kappa shape index (κ2) is 17.1. The average Bonchev–Trinajstić information content (AvgIpc) is 4.26. The lowest BCUT2D eigenvalue weighted by atomic mass is 9.77. The Bertz CT molecular complexity index is 2400. The van der Waals surface area contributed by atoms with Crippen LogP contribution < -0.4 is 0 Å². The van der Waals surface area contributed by atoms with Gasteiger partial charge < -0.3 is 9.80 Å². The SMILES string of the molecule is CCC(=O)N1CCC(C(CC)c2ccc(-c3cnc4ccccc4c3)cc2)CC1.O=C(C1CC1)N1CCC(C2(c3ccc(-c4ccc5cccnc5c4)cc3)CC2)CC1. The Morgan fingerprint density at radius 2 is 1.31 bits per heavy atom. The van der Waals surface area contributed by atoms with Crippen LogP contribution in [0.5, 0.6) is 0 Å². The van der Waals surface area contributed by atoms with Crippen LogP contribution in [0.4, 0.5) is 0 Å². The molecule has 0 radical (unpaired) electrons. The maximum absolute atomic E-state index is 12.4. The fraction of sp³-hybridized carbons (Fsp3) is 0.396. The molecule has 1 unspecified atom stereocenters. The van der Waals surface area contributed by atoms with Gasteiger partial charge in [0.25, 0.3) is 0 Å². The molecule has 0 spiro atoms. The number of carbonyl (C=O) groups excluding carboxylic acids is 2. The normalized spacial score (nSPS) is 18.6. The number of para-hydroxylation sites is 1. The summed E-state index contributed by atoms with van der Waals surface area (Å²) in [6.07, 6.45) is 15.0. The summed E-state index contributed by atoms with van der Waals surface area (Å²) < 4.78 is 0. The topological polar surface area (TPSA) is 66.4 Å². The number of aromatic nitrogens is 2. The lowest BCUT2D eigenvalue weighted by Crippen LogP contribution is -2.42. The quantitative estimate of drug-likeness (QED) is 0.146. The van der Waals surface area contributed by atoms with Crippen LogP contribution in [-0.2, 0) is 15.0 Å². The second-order valence-corrected chi connectivity index (χ2v) is 17.6. The highest BCUT2D eigenvalue weighted by Gasteiger charge is 2.51. The van der Waals surface area contributed by atoms with Crippen molar-refractivity contribution in [1.29, 1.82) is 0 Å². The molecule has 4 heterocycles. The molecular weight excluding hydrogens is 725 g/mol. The number of piperidine rings is 2. The minimum Gasteiger partial charge on any atom is -0.343 e. The first-order valence-electron chi connectivity index (χ1n) is 22.4. The number of hydrogen-bond donors (Lipinski definition) is 0. The molecule has 10 rings (SSSR count). The van der Waals surface area contributed by atoms with Gasteiger partial charge in [0.2, 0.25) is 11.8 Å². The van der Waals surface area contributed by atoms with E-state index in [2.05, 4.69) is 113 Å². The van der Waals surface area contributed by atoms with Crippen LogP contribution in [0.15, 0.2) is 122 Å². The maximum Gasteiger partial charge on any atom is 0.225 e. The number of likely N-dealkylation sites (tertiary alicyclic amines) is 2. The van der Waals surface area contributed by atoms with Gasteiger partial charge in [-0.1, -0.05) is 98.8 Å². The van der Waals surface area contributed by atoms with Crippen molar-refractivity contribution in [3.63, 3.8) is 0 Å². The Hall–Kier alpha value is -5.36. The summed E-state index contributed by atoms with van der Waals surface area (Å²) in [5.41, 5.74) is 10.2. The highest BCUT2D eigenvalue weighted by molar-refractivity contribution is 5.85. The van der Waals surface area contributed by atoms with Crippen LogP contribution in [0.25, 0.3) is 44.1 Å². The molecule has 0 bridgehead atoms. The van der Waals surface area contributed by atoms with Gasteiger partial charge in [0, 0.05) is 67.2 Å². The average molecular weight is 783 g/mol. The summed E-state index contributed by atoms with van der Waals surface area (Å²) in [7, 11) is 0. The molecule has 6 heteroatoms. The molecule has 2 aromatic heterocycles. The number of hydrogen-bond acceptors (Lipinski definition) is 4. The van der Waals surface area contributed by atoms with Crippen LogP contribution >= 0.6 is 0 Å². The Morgan fingerprint density at radius 3 is 2.00 bits per heavy atom. The molecule has 4 fully saturated rings. The monoisotopic (exact) mass is 782 g/mol. The molecule has 59 heavy (non-hydrogen) atoms. The zero-order valence-corrected chi connectivity index (χ0v) is 34.9. The van der Waals surface area contributed by atoms with Gasteiger partial charge in [-0.3, -0.25) is 19.6 Å². The first-order valence-corrected chi connectivity index (χ1v) is 22.4. The van der Waals surface area contributed by atoms with E-state index in [1.54, 1.807) is 0 Å². The van der Waals surface area contributed by atoms with Gasteiger partial charge in [-0.15, -0.1) is 0 Å². The number of benzene rings is 4. The third-order valence-electron chi connectivity index (χ3n) is 14.2. The van der Waals surface area contributed by atoms with Crippen molar-refractivity contribution in [2.24, 2.45) is 17.8 Å². The number of nitrogens with zero attached hydrogens (tertiary/aromatic N) is 4. The fourth-order valence-electron chi connectivity index (χ4n) is 10.3. The van der Waals surface area contributed by atoms with Crippen molar-refractivity contribution in [3.05, 3.63) is 133 Å². The minimum atomic E-state index is 0.296. The second-order valence-electron chi connectivity index (χ2n) is 17.6. The smallest absolute Gasteiger partial charge is 0.225 e. The van der Waals surface area contributed by atoms with Gasteiger partial charge in [-0.25, -0.2) is 0 Å². The van der Waals surface area contributed by atoms with Gasteiger partial charge in [0.05, 0.1) is 11.0 Å². The molecule has 2 aliphatic heterocycles. The van der Waals surface area contributed by atoms with E-state index in [0.29, 0.717) is 41.4 Å². The third-order valence-corrected chi connectivity index (χ3v) is 14.2. The highest BCUT2D eigenvalue weighted by atomic mass is 16.2. The summed E-state index contributed by atoms with van der Waals surface area (Å²) in [5, 5.41) is 2.36. The van der Waals surface area contributed by atoms with Crippen LogP contribution in [0, 0.1) is 17.8 Å². The van der Waals surface area contributed by atoms with E-state index in [1.165, 1.54) is 51.4 Å². The first kappa shape index (κ1) is 39.1. The molecule has 0 N–H and O–H groups in total. The van der Waals surface area contributed by atoms with E-state index in [-0.39, 0.29) is 0 Å². The standard InChI is InChI=1S/C27H28N2O.C26H30N2O/c30-26(21-4-5-21)29-16-11-24(12-17-29)27(13-14-27)23-9-7-19(8-10-23)22-6-3-20-2-1-15-28-25(20)18-22;1-3-24(21-13-15-28(16-14-21)26(29)4-2)20-11-9-19(10-12-20)23-17-22-7-5-6-8-25(22)27-18-23/h1-3,6-10,15,18,21,24H,4-5,11-14,16-17H2;5-12,17-18,21,24H,3-4,13-16H2,1-2H3. The van der Waals surface area contributed by atoms with Crippen LogP contribution in [-0.4, -0.2) is 57.8 Å². The molecule has 6 nitrogen and oxygen atoms in total. The third kappa shape index (κ3) is 8.42. The molecule has 302 valence electrons. The van der Waals surface area contributed by atoms with Gasteiger partial charge in [-0.05, 0) is 133 Å². The number of pyridine rings is 2. The summed E-state index contributed by atoms with van der Waals surface area (Å²) in [4.78, 5) is 37.6. The van der Waals surface area contributed by atoms with Gasteiger partial charge in [0.15, 0.2) is 0 Å². The number of amides is 2. The van der Waals surface area contributed by atoms with E-state index in [0.717, 1.165) is 93.6 Å². The molecule has 1 atom stereocenters. The van der Waals surface area contributed by atoms with Crippen molar-refractivity contribution >= 4 is 33.6 Å². The van der Waals surface area contributed by atoms with E-state index >= 15 is 0 Å². The molecule has 2 saturated heterocycles. The molecule has 2 aliphatic carbocycles. The van der Waals surface area contributed by atoms with Gasteiger partial charge in [-0.2, -0.15) is 0 Å². The van der Waals surface area contributed by atoms with E-state index in [9.17, 15) is 9.59 Å². The van der Waals surface area contributed by atoms with Crippen LogP contribution in [0.2, 0.25) is 0 Å². The predicted octanol–water partition coefficient (Wildman–Crippen LogP) is 11.6. The zero-order chi connectivity index (χ0) is 40.3. The Balaban J connectivity index is 0.000000152. The largest absolute Gasteiger partial charge is 0.343 e. The molecule has 6 aromatic rings. The van der Waals surface area contributed by atoms with E-state index in [4.69, 9.17) is 0 Å². The van der Waals surface area contributed by atoms with Crippen molar-refractivity contribution in [1.82, 2.24) is 19.8 Å². The lowest BCUT2D eigenvalue weighted by molar-refractivity contribution is -0.134. The lowest BCUT2D eigenvalue weighted by Gasteiger charge is -2.37. The summed E-state index contributed by atoms with van der Waals surface area (Å²) in [6, 6.07) is 39.4. The summed E-state index contributed by atoms with van der Waals surface area (Å²) in [5.74, 6) is 3.02. The summed E-state index contributed by atoms with van der Waals surface area (Å²) in [6.45, 7) is 7.99. The first-order chi connectivity index (χ1) is 28.9. The minimum absolute atomic E-state index is 0.296. The van der Waals surface area contributed by atoms with Gasteiger partial charge >= 0.3 is 0 Å². The van der Waals surface area contributed by atoms with Crippen LogP contribution in [0.3, 0.4) is 0 Å². The molecule has 4 aliphatic rings. The molecule has 2 saturated carbocycles. The van der Waals surface area contributed by atoms with Crippen molar-refractivity contribution in [2.45, 2.75) is 89.4 Å². The number of fused-ring (bicyclic) bond motifs is 2. The zero-order valence-electron chi connectivity index (χ0n) is 34.9. The Labute approximate surface area is 350 Å². The molecular formula is C53H58N4O2. The Kier molecular flexibility index (Phi) is 11.3. The van der Waals surface area contributed by atoms with Crippen molar-refractivity contribution in [3.8, 4) is 22.3 Å². The van der Waals surface area contributed by atoms with E-state index in [1.807, 2.05) is 42.4 Å². The van der Waals surface area contributed by atoms with Crippen molar-refractivity contribution < 1.29 is 9.59 Å². The molecule has 2 amide bonds. The molecule has 4 aromatic carbocycles. The van der Waals surface area contributed by atoms with Crippen molar-refractivity contribution in [2.75, 3.05) is 26.2 Å². The number of carbonyl (C=O) groups is 2. The fourth-order valence-corrected chi connectivity index (χ4v) is 10.3. The highest BCUT2D eigenvalue weighted by Crippen LogP contribution is 2.57. The maximum atomic E-state index is 12.4. The van der Waals surface area contributed by atoms with Gasteiger partial charge in [0.1, 0.15) is 0 Å². The number of rotatable bonds is 9. The van der Waals surface area contributed by atoms with Crippen LogP contribution in [0.1, 0.15) is 95.1 Å². The van der Waals surface area contributed by atoms with E-state index < -0.39 is 0 Å². The predicted molar refractivity (Wildman–Crippen MR) is 240 cm³/mol.